The highest BCUT2D eigenvalue weighted by molar-refractivity contribution is 7.87. The maximum absolute atomic E-state index is 12.9. The molecule has 0 saturated carbocycles. The standard InChI is InChI=1S/C55H38Cl2N14O22S6/c1-22-13-24-19-40(97(85,86)87)44(71-69-35-12-10-31-33(48(35)99(91,92)93)6-4-8-39(31)96(82,83)84)46(73)41(24)36(14-22)60-54-64-50(56)62-52(66-54)58-27-16-26(49(74)75)17-28(20-27)59-53-63-51(57)65-55(67-53)61-37-21-29(94(76,77)78)18-25-15-23(2)43(45(72)42(25)37)70-68-34-11-9-30-32(47(34)98(88,89)90)5-3-7-38(30)95(79,80)81/h3-21,72-73H,1-2H3,(H,74,75)(H,76,77,78)(H,79,80,81)(H,82,83,84)(H,85,86,87)(H,88,89,90)(H,91,92,93)(H2,58,60,62,64,66)(H2,59,61,63,65,67). The van der Waals surface area contributed by atoms with Crippen LogP contribution in [0.25, 0.3) is 43.1 Å². The molecule has 11 rings (SSSR count). The van der Waals surface area contributed by atoms with Crippen LogP contribution in [-0.4, -0.2) is 129 Å². The van der Waals surface area contributed by atoms with Crippen molar-refractivity contribution in [1.29, 1.82) is 0 Å². The van der Waals surface area contributed by atoms with Crippen molar-refractivity contribution in [3.05, 3.63) is 143 Å². The largest absolute Gasteiger partial charge is 0.505 e. The lowest BCUT2D eigenvalue weighted by Crippen LogP contribution is -2.07. The monoisotopic (exact) mass is 1510 g/mol. The number of nitrogens with one attached hydrogen (secondary N) is 4. The van der Waals surface area contributed by atoms with E-state index in [2.05, 4.69) is 71.6 Å². The number of aromatic nitrogens is 6. The summed E-state index contributed by atoms with van der Waals surface area (Å²) < 4.78 is 212. The number of rotatable bonds is 19. The zero-order chi connectivity index (χ0) is 72.0. The Kier molecular flexibility index (Phi) is 18.0. The fourth-order valence-corrected chi connectivity index (χ4v) is 14.9. The van der Waals surface area contributed by atoms with E-state index < -0.39 is 186 Å². The number of halogens is 2. The van der Waals surface area contributed by atoms with Crippen molar-refractivity contribution < 1.29 is 97.9 Å². The molecule has 0 amide bonds. The predicted molar refractivity (Wildman–Crippen MR) is 352 cm³/mol. The summed E-state index contributed by atoms with van der Waals surface area (Å²) in [5.41, 5.74) is -3.40. The molecule has 510 valence electrons. The van der Waals surface area contributed by atoms with Crippen LogP contribution in [0.5, 0.6) is 11.5 Å². The topological polar surface area (TPSA) is 579 Å². The SMILES string of the molecule is Cc1cc(Nc2nc(Cl)nc(Nc3cc(Nc4nc(Cl)nc(Nc5cc(S(=O)(=O)O)cc6cc(C)c(N=Nc7ccc8c(S(=O)(=O)O)cccc8c7S(=O)(=O)O)c(O)c56)n4)cc(C(=O)O)c3)n2)c2c(O)c(N=Nc3ccc4c(S(=O)(=O)O)cccc4c3S(=O)(=O)O)c(S(=O)(=O)O)cc2c1. The number of carboxylic acid groups (broad SMARTS) is 1. The third-order valence-corrected chi connectivity index (χ3v) is 19.9. The summed E-state index contributed by atoms with van der Waals surface area (Å²) >= 11 is 12.7. The van der Waals surface area contributed by atoms with Crippen molar-refractivity contribution in [1.82, 2.24) is 29.9 Å². The molecular weight excluding hydrogens is 1470 g/mol. The lowest BCUT2D eigenvalue weighted by atomic mass is 10.0. The molecule has 0 spiro atoms. The summed E-state index contributed by atoms with van der Waals surface area (Å²) in [6, 6.07) is 20.3. The van der Waals surface area contributed by atoms with Gasteiger partial charge in [-0.05, 0) is 132 Å². The van der Waals surface area contributed by atoms with Crippen LogP contribution in [-0.2, 0) is 60.7 Å². The number of hydrogen-bond acceptors (Lipinski definition) is 29. The lowest BCUT2D eigenvalue weighted by molar-refractivity contribution is 0.0696. The number of anilines is 8. The quantitative estimate of drug-likeness (QED) is 0.0264. The lowest BCUT2D eigenvalue weighted by Gasteiger charge is -2.16. The van der Waals surface area contributed by atoms with Gasteiger partial charge in [0.05, 0.1) is 21.8 Å². The minimum Gasteiger partial charge on any atom is -0.505 e. The fourth-order valence-electron chi connectivity index (χ4n) is 10.3. The Morgan fingerprint density at radius 1 is 0.424 bits per heavy atom. The minimum atomic E-state index is -5.35. The smallest absolute Gasteiger partial charge is 0.335 e. The summed E-state index contributed by atoms with van der Waals surface area (Å²) in [7, 11) is -30.8. The van der Waals surface area contributed by atoms with E-state index >= 15 is 0 Å². The van der Waals surface area contributed by atoms with Crippen LogP contribution in [0, 0.1) is 13.8 Å². The fraction of sp³-hybridized carbons (Fsp3) is 0.0364. The van der Waals surface area contributed by atoms with Gasteiger partial charge < -0.3 is 36.6 Å². The third-order valence-electron chi connectivity index (χ3n) is 14.1. The van der Waals surface area contributed by atoms with Gasteiger partial charge in [0, 0.05) is 43.7 Å². The second-order valence-electron chi connectivity index (χ2n) is 20.8. The molecule has 0 aliphatic heterocycles. The molecule has 0 aliphatic rings. The van der Waals surface area contributed by atoms with Crippen molar-refractivity contribution in [3.8, 4) is 11.5 Å². The number of phenolic OH excluding ortho intramolecular Hbond substituents is 2. The maximum atomic E-state index is 12.9. The number of benzene rings is 9. The second kappa shape index (κ2) is 25.4. The number of phenols is 2. The molecule has 36 nitrogen and oxygen atoms in total. The van der Waals surface area contributed by atoms with Gasteiger partial charge in [0.15, 0.2) is 11.5 Å². The maximum Gasteiger partial charge on any atom is 0.335 e. The highest BCUT2D eigenvalue weighted by Gasteiger charge is 2.29. The number of carboxylic acids is 1. The number of aromatic hydroxyl groups is 2. The Bertz CT molecular complexity index is 6200. The third kappa shape index (κ3) is 14.6. The summed E-state index contributed by atoms with van der Waals surface area (Å²) in [5.74, 6) is -5.04. The molecule has 0 unspecified atom stereocenters. The number of fused-ring (bicyclic) bond motifs is 4. The molecule has 11 aromatic rings. The molecule has 44 heteroatoms. The zero-order valence-corrected chi connectivity index (χ0v) is 55.4. The van der Waals surface area contributed by atoms with E-state index in [0.29, 0.717) is 5.56 Å². The van der Waals surface area contributed by atoms with Gasteiger partial charge in [-0.3, -0.25) is 27.3 Å². The summed E-state index contributed by atoms with van der Waals surface area (Å²) in [5, 5.41) is 57.2. The number of hydrogen-bond donors (Lipinski definition) is 13. The molecule has 0 aliphatic carbocycles. The molecule has 2 heterocycles. The number of azo groups is 2. The van der Waals surface area contributed by atoms with Gasteiger partial charge in [0.25, 0.3) is 60.7 Å². The van der Waals surface area contributed by atoms with E-state index in [1.54, 1.807) is 0 Å². The zero-order valence-electron chi connectivity index (χ0n) is 49.0. The van der Waals surface area contributed by atoms with E-state index in [9.17, 15) is 97.9 Å². The van der Waals surface area contributed by atoms with Gasteiger partial charge in [-0.2, -0.15) is 80.4 Å². The first kappa shape index (κ1) is 69.9. The molecule has 9 aromatic carbocycles. The summed E-state index contributed by atoms with van der Waals surface area (Å²) in [4.78, 5) is 32.1. The van der Waals surface area contributed by atoms with Crippen molar-refractivity contribution in [2.75, 3.05) is 21.3 Å². The van der Waals surface area contributed by atoms with E-state index in [4.69, 9.17) is 23.2 Å². The van der Waals surface area contributed by atoms with Crippen LogP contribution < -0.4 is 21.3 Å². The number of carbonyl (C=O) groups is 1. The molecule has 99 heavy (non-hydrogen) atoms. The van der Waals surface area contributed by atoms with Gasteiger partial charge in [0.2, 0.25) is 34.4 Å². The normalized spacial score (nSPS) is 12.7. The van der Waals surface area contributed by atoms with Gasteiger partial charge >= 0.3 is 5.97 Å². The molecule has 2 aromatic heterocycles. The van der Waals surface area contributed by atoms with Crippen molar-refractivity contribution in [2.45, 2.75) is 43.2 Å². The van der Waals surface area contributed by atoms with Crippen LogP contribution in [0.3, 0.4) is 0 Å². The van der Waals surface area contributed by atoms with Crippen LogP contribution in [0.4, 0.5) is 69.3 Å². The molecule has 0 radical (unpaired) electrons. The summed E-state index contributed by atoms with van der Waals surface area (Å²) in [6.45, 7) is 2.91. The number of nitrogens with zero attached hydrogens (tertiary/aromatic N) is 10. The van der Waals surface area contributed by atoms with E-state index in [-0.39, 0.29) is 55.2 Å². The van der Waals surface area contributed by atoms with Crippen molar-refractivity contribution >= 4 is 202 Å². The molecule has 0 saturated heterocycles. The van der Waals surface area contributed by atoms with Crippen LogP contribution in [0.1, 0.15) is 21.5 Å². The van der Waals surface area contributed by atoms with E-state index in [1.807, 2.05) is 0 Å². The van der Waals surface area contributed by atoms with Crippen molar-refractivity contribution in [3.63, 3.8) is 0 Å². The Morgan fingerprint density at radius 3 is 1.28 bits per heavy atom. The highest BCUT2D eigenvalue weighted by Crippen LogP contribution is 2.48. The Morgan fingerprint density at radius 2 is 0.848 bits per heavy atom. The first-order valence-corrected chi connectivity index (χ1v) is 36.2. The van der Waals surface area contributed by atoms with Gasteiger partial charge in [-0.25, -0.2) is 4.79 Å². The van der Waals surface area contributed by atoms with Crippen LogP contribution in [0.2, 0.25) is 10.6 Å². The van der Waals surface area contributed by atoms with Crippen LogP contribution in [0.15, 0.2) is 165 Å². The summed E-state index contributed by atoms with van der Waals surface area (Å²) in [6.07, 6.45) is 0. The Hall–Kier alpha value is -10.5. The Labute approximate surface area is 565 Å². The Balaban J connectivity index is 0.913. The van der Waals surface area contributed by atoms with E-state index in [0.717, 1.165) is 91.0 Å². The number of aryl methyl sites for hydroxylation is 2. The molecule has 0 fully saturated rings. The first-order chi connectivity index (χ1) is 46.1. The first-order valence-electron chi connectivity index (χ1n) is 26.8. The second-order valence-corrected chi connectivity index (χ2v) is 29.8. The average Bonchev–Trinajstić information content (AvgIpc) is 0.771. The van der Waals surface area contributed by atoms with Crippen LogP contribution >= 0.6 is 23.2 Å². The van der Waals surface area contributed by atoms with Gasteiger partial charge in [-0.1, -0.05) is 42.5 Å². The van der Waals surface area contributed by atoms with Crippen molar-refractivity contribution in [2.24, 2.45) is 20.5 Å². The predicted octanol–water partition coefficient (Wildman–Crippen LogP) is 11.0. The van der Waals surface area contributed by atoms with E-state index in [1.165, 1.54) is 38.1 Å². The molecular formula is C55H38Cl2N14O22S6. The molecule has 0 atom stereocenters. The molecule has 0 bridgehead atoms. The highest BCUT2D eigenvalue weighted by atomic mass is 35.5. The van der Waals surface area contributed by atoms with Gasteiger partial charge in [0.1, 0.15) is 47.2 Å². The van der Waals surface area contributed by atoms with Gasteiger partial charge in [-0.15, -0.1) is 20.5 Å². The minimum absolute atomic E-state index is 0.0545. The molecule has 13 N–H and O–H groups in total. The number of aromatic carboxylic acids is 1. The average molecular weight is 1510 g/mol.